The molecule has 1 aliphatic heterocycles. The van der Waals surface area contributed by atoms with Gasteiger partial charge in [-0.1, -0.05) is 12.1 Å². The van der Waals surface area contributed by atoms with Crippen molar-refractivity contribution in [3.05, 3.63) is 46.9 Å². The number of pyridine rings is 1. The Morgan fingerprint density at radius 2 is 1.83 bits per heavy atom. The zero-order chi connectivity index (χ0) is 25.2. The normalized spacial score (nSPS) is 15.7. The van der Waals surface area contributed by atoms with Crippen molar-refractivity contribution in [3.63, 3.8) is 0 Å². The molecule has 1 aliphatic rings. The first-order valence-corrected chi connectivity index (χ1v) is 13.5. The lowest BCUT2D eigenvalue weighted by molar-refractivity contribution is 0.215. The molecule has 1 N–H and O–H groups in total. The van der Waals surface area contributed by atoms with Crippen molar-refractivity contribution in [1.29, 1.82) is 0 Å². The minimum absolute atomic E-state index is 0.167. The number of nitrogens with zero attached hydrogens (tertiary/aromatic N) is 5. The number of hydrogen-bond donors (Lipinski definition) is 1. The summed E-state index contributed by atoms with van der Waals surface area (Å²) in [5.41, 5.74) is 1.56. The zero-order valence-electron chi connectivity index (χ0n) is 20.9. The summed E-state index contributed by atoms with van der Waals surface area (Å²) in [5.74, 6) is 1.24. The van der Waals surface area contributed by atoms with E-state index in [-0.39, 0.29) is 10.5 Å². The summed E-state index contributed by atoms with van der Waals surface area (Å²) < 4.78 is 27.5. The Bertz CT molecular complexity index is 1340. The van der Waals surface area contributed by atoms with Crippen LogP contribution < -0.4 is 10.9 Å². The standard InChI is InChI=1S/C25H34N6O3S/c1-5-31-23-20(17-27-25(28-23)26-13-10-18-11-14-30(4)15-12-18)16-22(24(31)32)19-6-8-21(9-7-19)35(33,34)29(2)3/h6-9,16-18H,5,10-15H2,1-4H3,(H,26,27,28). The average Bonchev–Trinajstić information content (AvgIpc) is 2.85. The number of hydrogen-bond acceptors (Lipinski definition) is 7. The van der Waals surface area contributed by atoms with Gasteiger partial charge < -0.3 is 10.2 Å². The van der Waals surface area contributed by atoms with Crippen LogP contribution in [0.2, 0.25) is 0 Å². The molecule has 0 saturated carbocycles. The van der Waals surface area contributed by atoms with E-state index in [1.165, 1.54) is 43.4 Å². The van der Waals surface area contributed by atoms with E-state index in [2.05, 4.69) is 27.2 Å². The number of piperidine rings is 1. The van der Waals surface area contributed by atoms with Crippen LogP contribution in [0.4, 0.5) is 5.95 Å². The highest BCUT2D eigenvalue weighted by molar-refractivity contribution is 7.89. The van der Waals surface area contributed by atoms with Crippen LogP contribution in [0.3, 0.4) is 0 Å². The van der Waals surface area contributed by atoms with Gasteiger partial charge in [-0.15, -0.1) is 0 Å². The predicted molar refractivity (Wildman–Crippen MR) is 139 cm³/mol. The Labute approximate surface area is 206 Å². The maximum atomic E-state index is 13.3. The molecule has 9 nitrogen and oxygen atoms in total. The smallest absolute Gasteiger partial charge is 0.260 e. The molecule has 0 bridgehead atoms. The molecule has 0 amide bonds. The molecule has 10 heteroatoms. The SMILES string of the molecule is CCn1c(=O)c(-c2ccc(S(=O)(=O)N(C)C)cc2)cc2cnc(NCCC3CCN(C)CC3)nc21. The van der Waals surface area contributed by atoms with Gasteiger partial charge in [-0.25, -0.2) is 17.7 Å². The monoisotopic (exact) mass is 498 g/mol. The third-order valence-electron chi connectivity index (χ3n) is 6.76. The third-order valence-corrected chi connectivity index (χ3v) is 8.59. The number of nitrogens with one attached hydrogen (secondary N) is 1. The lowest BCUT2D eigenvalue weighted by atomic mass is 9.94. The first-order chi connectivity index (χ1) is 16.7. The number of fused-ring (bicyclic) bond motifs is 1. The van der Waals surface area contributed by atoms with Crippen molar-refractivity contribution < 1.29 is 8.42 Å². The van der Waals surface area contributed by atoms with Crippen molar-refractivity contribution >= 4 is 27.0 Å². The van der Waals surface area contributed by atoms with E-state index in [9.17, 15) is 13.2 Å². The molecule has 1 fully saturated rings. The van der Waals surface area contributed by atoms with Crippen LogP contribution in [0.25, 0.3) is 22.2 Å². The molecule has 1 aromatic carbocycles. The van der Waals surface area contributed by atoms with E-state index in [1.54, 1.807) is 29.0 Å². The Balaban J connectivity index is 1.57. The van der Waals surface area contributed by atoms with Gasteiger partial charge in [0.2, 0.25) is 16.0 Å². The summed E-state index contributed by atoms with van der Waals surface area (Å²) >= 11 is 0. The fourth-order valence-corrected chi connectivity index (χ4v) is 5.40. The number of likely N-dealkylation sites (tertiary alicyclic amines) is 1. The van der Waals surface area contributed by atoms with Crippen LogP contribution in [0, 0.1) is 5.92 Å². The molecule has 3 aromatic rings. The number of rotatable bonds is 8. The van der Waals surface area contributed by atoms with E-state index in [0.717, 1.165) is 37.4 Å². The molecule has 4 rings (SSSR count). The summed E-state index contributed by atoms with van der Waals surface area (Å²) in [6, 6.07) is 8.16. The molecule has 2 aromatic heterocycles. The Morgan fingerprint density at radius 1 is 1.14 bits per heavy atom. The Kier molecular flexibility index (Phi) is 7.53. The third kappa shape index (κ3) is 5.39. The summed E-state index contributed by atoms with van der Waals surface area (Å²) in [4.78, 5) is 25.0. The predicted octanol–water partition coefficient (Wildman–Crippen LogP) is 2.87. The number of aryl methyl sites for hydroxylation is 1. The van der Waals surface area contributed by atoms with E-state index >= 15 is 0 Å². The van der Waals surface area contributed by atoms with Crippen LogP contribution in [0.1, 0.15) is 26.2 Å². The fourth-order valence-electron chi connectivity index (χ4n) is 4.50. The molecule has 35 heavy (non-hydrogen) atoms. The van der Waals surface area contributed by atoms with Crippen molar-refractivity contribution in [2.45, 2.75) is 37.6 Å². The summed E-state index contributed by atoms with van der Waals surface area (Å²) in [6.07, 6.45) is 5.25. The minimum Gasteiger partial charge on any atom is -0.354 e. The molecule has 0 spiro atoms. The van der Waals surface area contributed by atoms with Crippen molar-refractivity contribution in [2.75, 3.05) is 46.1 Å². The maximum absolute atomic E-state index is 13.3. The lowest BCUT2D eigenvalue weighted by Gasteiger charge is -2.28. The molecule has 1 saturated heterocycles. The van der Waals surface area contributed by atoms with Gasteiger partial charge in [0.15, 0.2) is 0 Å². The van der Waals surface area contributed by atoms with Crippen LogP contribution >= 0.6 is 0 Å². The van der Waals surface area contributed by atoms with E-state index in [4.69, 9.17) is 0 Å². The largest absolute Gasteiger partial charge is 0.354 e. The molecule has 0 unspecified atom stereocenters. The van der Waals surface area contributed by atoms with Crippen LogP contribution in [0.15, 0.2) is 46.2 Å². The van der Waals surface area contributed by atoms with Gasteiger partial charge in [0, 0.05) is 44.3 Å². The van der Waals surface area contributed by atoms with Crippen LogP contribution in [0.5, 0.6) is 0 Å². The van der Waals surface area contributed by atoms with Crippen molar-refractivity contribution in [2.24, 2.45) is 5.92 Å². The molecular weight excluding hydrogens is 464 g/mol. The van der Waals surface area contributed by atoms with Crippen molar-refractivity contribution in [3.8, 4) is 11.1 Å². The first-order valence-electron chi connectivity index (χ1n) is 12.1. The second-order valence-electron chi connectivity index (χ2n) is 9.35. The maximum Gasteiger partial charge on any atom is 0.260 e. The molecule has 0 atom stereocenters. The molecule has 0 aliphatic carbocycles. The summed E-state index contributed by atoms with van der Waals surface area (Å²) in [7, 11) is 1.61. The highest BCUT2D eigenvalue weighted by Gasteiger charge is 2.19. The van der Waals surface area contributed by atoms with Gasteiger partial charge in [-0.3, -0.25) is 9.36 Å². The highest BCUT2D eigenvalue weighted by Crippen LogP contribution is 2.24. The molecule has 3 heterocycles. The highest BCUT2D eigenvalue weighted by atomic mass is 32.2. The Hall–Kier alpha value is -2.82. The van der Waals surface area contributed by atoms with Gasteiger partial charge in [-0.2, -0.15) is 4.98 Å². The first kappa shape index (κ1) is 25.3. The quantitative estimate of drug-likeness (QED) is 0.510. The van der Waals surface area contributed by atoms with E-state index in [0.29, 0.717) is 29.3 Å². The lowest BCUT2D eigenvalue weighted by Crippen LogP contribution is -2.31. The molecule has 188 valence electrons. The zero-order valence-corrected chi connectivity index (χ0v) is 21.7. The second kappa shape index (κ2) is 10.4. The van der Waals surface area contributed by atoms with Gasteiger partial charge in [0.1, 0.15) is 5.65 Å². The topological polar surface area (TPSA) is 100 Å². The number of aromatic nitrogens is 3. The minimum atomic E-state index is -3.53. The van der Waals surface area contributed by atoms with Gasteiger partial charge >= 0.3 is 0 Å². The van der Waals surface area contributed by atoms with Crippen LogP contribution in [-0.2, 0) is 16.6 Å². The van der Waals surface area contributed by atoms with E-state index < -0.39 is 10.0 Å². The number of sulfonamides is 1. The second-order valence-corrected chi connectivity index (χ2v) is 11.5. The summed E-state index contributed by atoms with van der Waals surface area (Å²) in [5, 5.41) is 4.09. The Morgan fingerprint density at radius 3 is 2.46 bits per heavy atom. The van der Waals surface area contributed by atoms with E-state index in [1.807, 2.05) is 6.92 Å². The number of benzene rings is 1. The van der Waals surface area contributed by atoms with Gasteiger partial charge in [0.25, 0.3) is 5.56 Å². The molecule has 0 radical (unpaired) electrons. The number of anilines is 1. The average molecular weight is 499 g/mol. The van der Waals surface area contributed by atoms with Gasteiger partial charge in [0.05, 0.1) is 4.90 Å². The molecular formula is C25H34N6O3S. The van der Waals surface area contributed by atoms with Crippen LogP contribution in [-0.4, -0.2) is 72.9 Å². The fraction of sp³-hybridized carbons (Fsp3) is 0.480. The van der Waals surface area contributed by atoms with Crippen molar-refractivity contribution in [1.82, 2.24) is 23.7 Å². The summed E-state index contributed by atoms with van der Waals surface area (Å²) in [6.45, 7) is 5.47. The van der Waals surface area contributed by atoms with Gasteiger partial charge in [-0.05, 0) is 76.0 Å².